The lowest BCUT2D eigenvalue weighted by atomic mass is 10.2. The first-order chi connectivity index (χ1) is 7.13. The number of nitrogens with zero attached hydrogens (tertiary/aromatic N) is 2. The highest BCUT2D eigenvalue weighted by Crippen LogP contribution is 2.18. The van der Waals surface area contributed by atoms with Crippen LogP contribution in [-0.2, 0) is 25.2 Å². The summed E-state index contributed by atoms with van der Waals surface area (Å²) in [5, 5.41) is 0. The summed E-state index contributed by atoms with van der Waals surface area (Å²) in [4.78, 5) is 4.87. The number of hydrogen-bond donors (Lipinski definition) is 1. The van der Waals surface area contributed by atoms with E-state index >= 15 is 0 Å². The Morgan fingerprint density at radius 1 is 1.38 bits per heavy atom. The largest absolute Gasteiger partial charge is 0.303 e. The molecule has 0 saturated carbocycles. The lowest BCUT2D eigenvalue weighted by Crippen LogP contribution is -2.38. The maximum absolute atomic E-state index is 11.6. The van der Waals surface area contributed by atoms with Crippen LogP contribution in [0.5, 0.6) is 0 Å². The summed E-state index contributed by atoms with van der Waals surface area (Å²) in [6, 6.07) is 0. The van der Waals surface area contributed by atoms with Crippen molar-refractivity contribution in [1.29, 1.82) is 0 Å². The van der Waals surface area contributed by atoms with Crippen molar-refractivity contribution in [1.82, 2.24) is 8.77 Å². The fourth-order valence-corrected chi connectivity index (χ4v) is 3.00. The van der Waals surface area contributed by atoms with Crippen LogP contribution in [0.25, 0.3) is 0 Å². The summed E-state index contributed by atoms with van der Waals surface area (Å²) >= 11 is 0. The van der Waals surface area contributed by atoms with E-state index in [2.05, 4.69) is 0 Å². The van der Waals surface area contributed by atoms with Gasteiger partial charge in [0, 0.05) is 26.6 Å². The van der Waals surface area contributed by atoms with Gasteiger partial charge in [-0.15, -0.1) is 0 Å². The van der Waals surface area contributed by atoms with Crippen molar-refractivity contribution >= 4 is 20.3 Å². The van der Waals surface area contributed by atoms with E-state index in [1.807, 2.05) is 0 Å². The summed E-state index contributed by atoms with van der Waals surface area (Å²) in [7, 11) is -5.12. The molecule has 0 unspecified atom stereocenters. The molecule has 1 aliphatic heterocycles. The Balaban J connectivity index is 2.67. The molecule has 1 N–H and O–H groups in total. The number of hydrogen-bond acceptors (Lipinski definition) is 5. The molecular weight excluding hydrogens is 260 g/mol. The van der Waals surface area contributed by atoms with Gasteiger partial charge in [-0.3, -0.25) is 9.39 Å². The third-order valence-electron chi connectivity index (χ3n) is 2.03. The molecule has 16 heavy (non-hydrogen) atoms. The Morgan fingerprint density at radius 2 is 1.94 bits per heavy atom. The van der Waals surface area contributed by atoms with Crippen LogP contribution in [0, 0.1) is 5.92 Å². The van der Waals surface area contributed by atoms with Crippen LogP contribution in [-0.4, -0.2) is 63.2 Å². The fraction of sp³-hybridized carbons (Fsp3) is 1.00. The summed E-state index contributed by atoms with van der Waals surface area (Å²) < 4.78 is 54.6. The van der Waals surface area contributed by atoms with E-state index < -0.39 is 32.0 Å². The molecule has 1 aliphatic rings. The molecule has 1 rings (SSSR count). The highest BCUT2D eigenvalue weighted by molar-refractivity contribution is 7.86. The maximum atomic E-state index is 11.6. The molecule has 10 heteroatoms. The van der Waals surface area contributed by atoms with Crippen molar-refractivity contribution in [2.75, 3.05) is 33.0 Å². The zero-order chi connectivity index (χ0) is 12.6. The van der Waals surface area contributed by atoms with Crippen LogP contribution < -0.4 is 0 Å². The summed E-state index contributed by atoms with van der Waals surface area (Å²) in [5.41, 5.74) is 0. The highest BCUT2D eigenvalue weighted by Gasteiger charge is 2.36. The second-order valence-corrected chi connectivity index (χ2v) is 7.22. The van der Waals surface area contributed by atoms with E-state index in [1.54, 1.807) is 0 Å². The van der Waals surface area contributed by atoms with E-state index in [0.29, 0.717) is 0 Å². The van der Waals surface area contributed by atoms with Crippen LogP contribution in [0.15, 0.2) is 0 Å². The number of hydroxylamine groups is 1. The lowest BCUT2D eigenvalue weighted by molar-refractivity contribution is -0.0336. The molecule has 0 spiro atoms. The minimum absolute atomic E-state index is 0.0487. The molecule has 0 aromatic carbocycles. The van der Waals surface area contributed by atoms with E-state index in [9.17, 15) is 16.8 Å². The van der Waals surface area contributed by atoms with Crippen molar-refractivity contribution < 1.29 is 26.2 Å². The summed E-state index contributed by atoms with van der Waals surface area (Å²) in [6.45, 7) is -0.132. The average molecular weight is 274 g/mol. The molecular formula is C6H14N2O6S2. The van der Waals surface area contributed by atoms with E-state index in [4.69, 9.17) is 9.39 Å². The van der Waals surface area contributed by atoms with Crippen molar-refractivity contribution in [3.63, 3.8) is 0 Å². The molecule has 0 radical (unpaired) electrons. The van der Waals surface area contributed by atoms with Crippen LogP contribution in [0.3, 0.4) is 0 Å². The highest BCUT2D eigenvalue weighted by atomic mass is 32.2. The van der Waals surface area contributed by atoms with Crippen molar-refractivity contribution in [3.05, 3.63) is 0 Å². The molecule has 1 fully saturated rings. The van der Waals surface area contributed by atoms with Crippen molar-refractivity contribution in [2.45, 2.75) is 0 Å². The van der Waals surface area contributed by atoms with Gasteiger partial charge in [-0.25, -0.2) is 0 Å². The first-order valence-corrected chi connectivity index (χ1v) is 7.42. The Labute approximate surface area is 94.7 Å². The minimum Gasteiger partial charge on any atom is -0.286 e. The predicted octanol–water partition coefficient (Wildman–Crippen LogP) is -1.46. The zero-order valence-electron chi connectivity index (χ0n) is 8.90. The monoisotopic (exact) mass is 274 g/mol. The van der Waals surface area contributed by atoms with Gasteiger partial charge in [-0.05, 0) is 0 Å². The smallest absolute Gasteiger partial charge is 0.286 e. The first-order valence-electron chi connectivity index (χ1n) is 4.41. The van der Waals surface area contributed by atoms with Crippen LogP contribution >= 0.6 is 0 Å². The normalized spacial score (nSPS) is 24.1. The first kappa shape index (κ1) is 13.8. The van der Waals surface area contributed by atoms with Crippen molar-refractivity contribution in [3.8, 4) is 0 Å². The summed E-state index contributed by atoms with van der Waals surface area (Å²) in [5.74, 6) is -1.06. The number of rotatable bonds is 4. The van der Waals surface area contributed by atoms with Gasteiger partial charge in [0.15, 0.2) is 0 Å². The molecule has 96 valence electrons. The third-order valence-corrected chi connectivity index (χ3v) is 4.61. The molecule has 0 aliphatic carbocycles. The van der Waals surface area contributed by atoms with Gasteiger partial charge in [0.1, 0.15) is 0 Å². The van der Waals surface area contributed by atoms with Crippen molar-refractivity contribution in [2.24, 2.45) is 5.92 Å². The molecule has 0 amide bonds. The van der Waals surface area contributed by atoms with Crippen LogP contribution in [0.4, 0.5) is 0 Å². The second-order valence-electron chi connectivity index (χ2n) is 3.69. The molecule has 0 aromatic rings. The van der Waals surface area contributed by atoms with E-state index in [-0.39, 0.29) is 13.2 Å². The van der Waals surface area contributed by atoms with Gasteiger partial charge in [0.05, 0.1) is 12.4 Å². The SMILES string of the molecule is CN(C)S(=O)(=O)N1C[C@H](CS(=O)(=O)O)CO1. The van der Waals surface area contributed by atoms with Gasteiger partial charge in [-0.2, -0.15) is 21.1 Å². The Kier molecular flexibility index (Phi) is 3.92. The quantitative estimate of drug-likeness (QED) is 0.629. The predicted molar refractivity (Wildman–Crippen MR) is 55.2 cm³/mol. The van der Waals surface area contributed by atoms with Gasteiger partial charge in [-0.1, -0.05) is 4.47 Å². The van der Waals surface area contributed by atoms with Gasteiger partial charge in [0.25, 0.3) is 10.1 Å². The molecule has 0 aromatic heterocycles. The molecule has 1 atom stereocenters. The Hall–Kier alpha value is -0.260. The standard InChI is InChI=1S/C6H14N2O6S2/c1-7(2)16(12,13)8-3-6(4-14-8)5-15(9,10)11/h6H,3-5H2,1-2H3,(H,9,10,11)/t6-/m0/s1. The molecule has 8 nitrogen and oxygen atoms in total. The van der Waals surface area contributed by atoms with Gasteiger partial charge >= 0.3 is 10.2 Å². The van der Waals surface area contributed by atoms with E-state index in [1.165, 1.54) is 14.1 Å². The minimum atomic E-state index is -4.11. The van der Waals surface area contributed by atoms with Gasteiger partial charge in [0.2, 0.25) is 0 Å². The maximum Gasteiger partial charge on any atom is 0.303 e. The fourth-order valence-electron chi connectivity index (χ4n) is 1.25. The van der Waals surface area contributed by atoms with Crippen LogP contribution in [0.1, 0.15) is 0 Å². The third kappa shape index (κ3) is 3.37. The topological polar surface area (TPSA) is 104 Å². The Morgan fingerprint density at radius 3 is 2.38 bits per heavy atom. The van der Waals surface area contributed by atoms with E-state index in [0.717, 1.165) is 8.77 Å². The molecule has 1 heterocycles. The average Bonchev–Trinajstić information content (AvgIpc) is 2.49. The zero-order valence-corrected chi connectivity index (χ0v) is 10.5. The van der Waals surface area contributed by atoms with Gasteiger partial charge < -0.3 is 0 Å². The molecule has 0 bridgehead atoms. The molecule has 1 saturated heterocycles. The summed E-state index contributed by atoms with van der Waals surface area (Å²) in [6.07, 6.45) is 0. The Bertz CT molecular complexity index is 442. The second kappa shape index (κ2) is 4.55. The lowest BCUT2D eigenvalue weighted by Gasteiger charge is -2.18. The van der Waals surface area contributed by atoms with Crippen LogP contribution in [0.2, 0.25) is 0 Å².